The molecule has 0 aliphatic carbocycles. The smallest absolute Gasteiger partial charge is 0.350 e. The van der Waals surface area contributed by atoms with Crippen LogP contribution < -0.4 is 10.9 Å². The molecular formula is C16H13F3N6O2. The minimum Gasteiger partial charge on any atom is -0.350 e. The molecule has 3 heterocycles. The van der Waals surface area contributed by atoms with Crippen molar-refractivity contribution in [1.82, 2.24) is 29.6 Å². The summed E-state index contributed by atoms with van der Waals surface area (Å²) in [4.78, 5) is 31.8. The lowest BCUT2D eigenvalue weighted by Gasteiger charge is -2.12. The number of hydrogen-bond donors (Lipinski definition) is 1. The summed E-state index contributed by atoms with van der Waals surface area (Å²) in [5.74, 6) is -0.170. The lowest BCUT2D eigenvalue weighted by molar-refractivity contribution is -0.138. The van der Waals surface area contributed by atoms with Crippen molar-refractivity contribution in [2.45, 2.75) is 19.3 Å². The number of carbonyl (C=O) groups is 1. The Kier molecular flexibility index (Phi) is 5.01. The first-order valence-corrected chi connectivity index (χ1v) is 7.68. The Bertz CT molecular complexity index is 998. The van der Waals surface area contributed by atoms with Gasteiger partial charge in [0.25, 0.3) is 5.56 Å². The van der Waals surface area contributed by atoms with Gasteiger partial charge in [-0.2, -0.15) is 18.3 Å². The van der Waals surface area contributed by atoms with Gasteiger partial charge >= 0.3 is 6.18 Å². The third-order valence-corrected chi connectivity index (χ3v) is 3.60. The van der Waals surface area contributed by atoms with E-state index in [2.05, 4.69) is 20.4 Å². The summed E-state index contributed by atoms with van der Waals surface area (Å²) in [6, 6.07) is 4.83. The van der Waals surface area contributed by atoms with Crippen LogP contribution in [0.2, 0.25) is 0 Å². The summed E-state index contributed by atoms with van der Waals surface area (Å²) in [5.41, 5.74) is -1.09. The molecule has 1 amide bonds. The molecule has 0 aliphatic heterocycles. The molecule has 3 aromatic heterocycles. The molecule has 0 spiro atoms. The average Bonchev–Trinajstić information content (AvgIpc) is 3.15. The van der Waals surface area contributed by atoms with Crippen LogP contribution in [-0.4, -0.2) is 30.2 Å². The molecule has 8 nitrogen and oxygen atoms in total. The number of rotatable bonds is 5. The molecule has 3 rings (SSSR count). The number of pyridine rings is 2. The Hall–Kier alpha value is -3.50. The highest BCUT2D eigenvalue weighted by Gasteiger charge is 2.31. The Morgan fingerprint density at radius 3 is 2.74 bits per heavy atom. The highest BCUT2D eigenvalue weighted by Crippen LogP contribution is 2.27. The van der Waals surface area contributed by atoms with Gasteiger partial charge in [-0.1, -0.05) is 6.07 Å². The zero-order valence-corrected chi connectivity index (χ0v) is 13.7. The van der Waals surface area contributed by atoms with Crippen molar-refractivity contribution in [1.29, 1.82) is 0 Å². The van der Waals surface area contributed by atoms with Gasteiger partial charge in [-0.25, -0.2) is 14.6 Å². The fourth-order valence-electron chi connectivity index (χ4n) is 2.32. The maximum Gasteiger partial charge on any atom is 0.417 e. The Morgan fingerprint density at radius 1 is 1.22 bits per heavy atom. The van der Waals surface area contributed by atoms with Gasteiger partial charge in [0.2, 0.25) is 5.91 Å². The molecule has 0 fully saturated rings. The first-order valence-electron chi connectivity index (χ1n) is 7.68. The third kappa shape index (κ3) is 4.37. The zero-order valence-electron chi connectivity index (χ0n) is 13.7. The maximum absolute atomic E-state index is 12.7. The second-order valence-corrected chi connectivity index (χ2v) is 5.48. The largest absolute Gasteiger partial charge is 0.417 e. The molecule has 0 radical (unpaired) electrons. The summed E-state index contributed by atoms with van der Waals surface area (Å²) >= 11 is 0. The van der Waals surface area contributed by atoms with E-state index in [0.717, 1.165) is 6.07 Å². The first-order chi connectivity index (χ1) is 12.8. The number of alkyl halides is 3. The van der Waals surface area contributed by atoms with Crippen LogP contribution in [0.15, 0.2) is 54.1 Å². The molecule has 0 unspecified atom stereocenters. The van der Waals surface area contributed by atoms with Crippen molar-refractivity contribution in [2.24, 2.45) is 0 Å². The minimum atomic E-state index is -4.60. The fourth-order valence-corrected chi connectivity index (χ4v) is 2.32. The van der Waals surface area contributed by atoms with E-state index >= 15 is 0 Å². The van der Waals surface area contributed by atoms with Crippen molar-refractivity contribution < 1.29 is 18.0 Å². The van der Waals surface area contributed by atoms with Crippen LogP contribution in [0.4, 0.5) is 13.2 Å². The lowest BCUT2D eigenvalue weighted by Crippen LogP contribution is -2.32. The van der Waals surface area contributed by atoms with Crippen LogP contribution >= 0.6 is 0 Å². The van der Waals surface area contributed by atoms with E-state index in [1.54, 1.807) is 18.3 Å². The van der Waals surface area contributed by atoms with Crippen LogP contribution in [0.1, 0.15) is 11.1 Å². The van der Waals surface area contributed by atoms with Crippen molar-refractivity contribution >= 4 is 5.91 Å². The molecule has 1 N–H and O–H groups in total. The van der Waals surface area contributed by atoms with Gasteiger partial charge in [-0.05, 0) is 12.1 Å². The molecule has 11 heteroatoms. The number of amides is 1. The van der Waals surface area contributed by atoms with Crippen molar-refractivity contribution in [3.05, 3.63) is 70.8 Å². The van der Waals surface area contributed by atoms with Crippen molar-refractivity contribution in [3.8, 4) is 5.82 Å². The van der Waals surface area contributed by atoms with Gasteiger partial charge in [0.05, 0.1) is 5.56 Å². The summed E-state index contributed by atoms with van der Waals surface area (Å²) in [7, 11) is 0. The van der Waals surface area contributed by atoms with Crippen LogP contribution in [0.3, 0.4) is 0 Å². The molecule has 140 valence electrons. The number of nitrogens with one attached hydrogen (secondary N) is 1. The van der Waals surface area contributed by atoms with E-state index in [-0.39, 0.29) is 6.54 Å². The SMILES string of the molecule is O=C(Cn1cc(C(F)(F)F)ccc1=O)NCc1cccnc1-n1cncn1. The van der Waals surface area contributed by atoms with Gasteiger partial charge in [0.1, 0.15) is 19.2 Å². The maximum atomic E-state index is 12.7. The molecule has 0 aliphatic rings. The molecule has 0 saturated carbocycles. The highest BCUT2D eigenvalue weighted by atomic mass is 19.4. The van der Waals surface area contributed by atoms with E-state index in [0.29, 0.717) is 28.2 Å². The minimum absolute atomic E-state index is 0.0512. The van der Waals surface area contributed by atoms with Crippen LogP contribution in [0, 0.1) is 0 Å². The van der Waals surface area contributed by atoms with Crippen LogP contribution in [-0.2, 0) is 24.1 Å². The number of nitrogens with zero attached hydrogens (tertiary/aromatic N) is 5. The monoisotopic (exact) mass is 378 g/mol. The quantitative estimate of drug-likeness (QED) is 0.719. The van der Waals surface area contributed by atoms with E-state index in [9.17, 15) is 22.8 Å². The predicted molar refractivity (Wildman–Crippen MR) is 86.7 cm³/mol. The fraction of sp³-hybridized carbons (Fsp3) is 0.188. The van der Waals surface area contributed by atoms with Crippen LogP contribution in [0.5, 0.6) is 0 Å². The van der Waals surface area contributed by atoms with E-state index in [1.807, 2.05) is 0 Å². The molecule has 27 heavy (non-hydrogen) atoms. The number of aromatic nitrogens is 5. The normalized spacial score (nSPS) is 11.4. The predicted octanol–water partition coefficient (Wildman–Crippen LogP) is 1.16. The standard InChI is InChI=1S/C16H13F3N6O2/c17-16(18,19)12-3-4-14(27)24(7-12)8-13(26)22-6-11-2-1-5-21-15(11)25-10-20-9-23-25/h1-5,7,9-10H,6,8H2,(H,22,26). The van der Waals surface area contributed by atoms with Gasteiger partial charge in [-0.3, -0.25) is 9.59 Å². The highest BCUT2D eigenvalue weighted by molar-refractivity contribution is 5.75. The number of hydrogen-bond acceptors (Lipinski definition) is 5. The number of halogens is 3. The molecule has 3 aromatic rings. The number of carbonyl (C=O) groups excluding carboxylic acids is 1. The summed E-state index contributed by atoms with van der Waals surface area (Å²) in [6.45, 7) is -0.489. The van der Waals surface area contributed by atoms with Gasteiger partial charge in [-0.15, -0.1) is 0 Å². The average molecular weight is 378 g/mol. The van der Waals surface area contributed by atoms with Gasteiger partial charge in [0, 0.05) is 30.6 Å². The van der Waals surface area contributed by atoms with E-state index < -0.39 is 29.8 Å². The lowest BCUT2D eigenvalue weighted by atomic mass is 10.2. The molecular weight excluding hydrogens is 365 g/mol. The van der Waals surface area contributed by atoms with Crippen molar-refractivity contribution in [3.63, 3.8) is 0 Å². The van der Waals surface area contributed by atoms with Gasteiger partial charge in [0.15, 0.2) is 5.82 Å². The van der Waals surface area contributed by atoms with Crippen LogP contribution in [0.25, 0.3) is 5.82 Å². The molecule has 0 aromatic carbocycles. The summed E-state index contributed by atoms with van der Waals surface area (Å²) < 4.78 is 40.4. The molecule has 0 bridgehead atoms. The third-order valence-electron chi connectivity index (χ3n) is 3.60. The van der Waals surface area contributed by atoms with Gasteiger partial charge < -0.3 is 9.88 Å². The summed E-state index contributed by atoms with van der Waals surface area (Å²) in [5, 5.41) is 6.52. The Morgan fingerprint density at radius 2 is 2.04 bits per heavy atom. The van der Waals surface area contributed by atoms with E-state index in [1.165, 1.54) is 17.3 Å². The molecule has 0 saturated heterocycles. The second kappa shape index (κ2) is 7.40. The van der Waals surface area contributed by atoms with E-state index in [4.69, 9.17) is 0 Å². The molecule has 0 atom stereocenters. The zero-order chi connectivity index (χ0) is 19.4. The summed E-state index contributed by atoms with van der Waals surface area (Å²) in [6.07, 6.45) is 0.332. The topological polar surface area (TPSA) is 94.7 Å². The second-order valence-electron chi connectivity index (χ2n) is 5.48. The Balaban J connectivity index is 1.71. The Labute approximate surface area is 150 Å². The first kappa shape index (κ1) is 18.3. The van der Waals surface area contributed by atoms with Crippen molar-refractivity contribution in [2.75, 3.05) is 0 Å².